The fourth-order valence-corrected chi connectivity index (χ4v) is 3.28. The molecule has 6 nitrogen and oxygen atoms in total. The number of rotatable bonds is 3. The molecule has 118 valence electrons. The van der Waals surface area contributed by atoms with Crippen molar-refractivity contribution in [1.82, 2.24) is 14.9 Å². The number of hydrogen-bond donors (Lipinski definition) is 1. The number of carbonyl (C=O) groups excluding carboxylic acids is 1. The molecule has 0 radical (unpaired) electrons. The lowest BCUT2D eigenvalue weighted by molar-refractivity contribution is 0.0683. The van der Waals surface area contributed by atoms with Gasteiger partial charge in [-0.3, -0.25) is 4.79 Å². The maximum absolute atomic E-state index is 12.6. The lowest BCUT2D eigenvalue weighted by Gasteiger charge is -2.29. The highest BCUT2D eigenvalue weighted by atomic mass is 32.2. The Bertz CT molecular complexity index is 747. The molecule has 2 aromatic rings. The van der Waals surface area contributed by atoms with Crippen LogP contribution in [-0.2, 0) is 13.0 Å². The van der Waals surface area contributed by atoms with Gasteiger partial charge in [0.05, 0.1) is 12.4 Å². The molecular formula is C16H15N3O3S. The van der Waals surface area contributed by atoms with Gasteiger partial charge in [0.25, 0.3) is 5.91 Å². The summed E-state index contributed by atoms with van der Waals surface area (Å²) in [5.74, 6) is -1.39. The quantitative estimate of drug-likeness (QED) is 0.868. The molecule has 0 bridgehead atoms. The topological polar surface area (TPSA) is 83.4 Å². The Balaban J connectivity index is 1.82. The molecule has 23 heavy (non-hydrogen) atoms. The van der Waals surface area contributed by atoms with Gasteiger partial charge in [-0.15, -0.1) is 11.8 Å². The third kappa shape index (κ3) is 3.05. The largest absolute Gasteiger partial charge is 0.476 e. The number of aromatic nitrogens is 2. The van der Waals surface area contributed by atoms with Crippen LogP contribution in [0.1, 0.15) is 32.1 Å². The summed E-state index contributed by atoms with van der Waals surface area (Å²) in [6, 6.07) is 6.19. The first-order valence-corrected chi connectivity index (χ1v) is 8.32. The first-order valence-electron chi connectivity index (χ1n) is 7.09. The van der Waals surface area contributed by atoms with E-state index in [1.807, 2.05) is 12.3 Å². The summed E-state index contributed by atoms with van der Waals surface area (Å²) in [5, 5.41) is 8.83. The van der Waals surface area contributed by atoms with Crippen molar-refractivity contribution in [2.75, 3.05) is 12.8 Å². The van der Waals surface area contributed by atoms with Crippen molar-refractivity contribution in [2.24, 2.45) is 0 Å². The molecule has 0 atom stereocenters. The Morgan fingerprint density at radius 1 is 1.22 bits per heavy atom. The van der Waals surface area contributed by atoms with Gasteiger partial charge in [0.2, 0.25) is 0 Å². The van der Waals surface area contributed by atoms with E-state index in [2.05, 4.69) is 22.1 Å². The van der Waals surface area contributed by atoms with Crippen molar-refractivity contribution >= 4 is 23.6 Å². The standard InChI is InChI=1S/C16H15N3O3S/c1-23-14-4-2-3-10-5-6-19(9-11(10)14)15(20)12-7-18-13(8-17-12)16(21)22/h2-4,7-8H,5-6,9H2,1H3,(H,21,22). The van der Waals surface area contributed by atoms with Gasteiger partial charge >= 0.3 is 5.97 Å². The molecule has 0 unspecified atom stereocenters. The van der Waals surface area contributed by atoms with Crippen molar-refractivity contribution in [3.8, 4) is 0 Å². The van der Waals surface area contributed by atoms with E-state index in [0.717, 1.165) is 12.6 Å². The highest BCUT2D eigenvalue weighted by molar-refractivity contribution is 7.98. The van der Waals surface area contributed by atoms with Gasteiger partial charge in [0, 0.05) is 18.0 Å². The molecule has 1 amide bonds. The summed E-state index contributed by atoms with van der Waals surface area (Å²) < 4.78 is 0. The minimum absolute atomic E-state index is 0.167. The minimum atomic E-state index is -1.16. The van der Waals surface area contributed by atoms with Crippen LogP contribution in [0.5, 0.6) is 0 Å². The van der Waals surface area contributed by atoms with E-state index >= 15 is 0 Å². The molecule has 1 aliphatic rings. The van der Waals surface area contributed by atoms with Gasteiger partial charge < -0.3 is 10.0 Å². The Morgan fingerprint density at radius 3 is 2.61 bits per heavy atom. The predicted molar refractivity (Wildman–Crippen MR) is 85.7 cm³/mol. The lowest BCUT2D eigenvalue weighted by atomic mass is 9.99. The summed E-state index contributed by atoms with van der Waals surface area (Å²) >= 11 is 1.67. The third-order valence-corrected chi connectivity index (χ3v) is 4.65. The van der Waals surface area contributed by atoms with Crippen LogP contribution in [0, 0.1) is 0 Å². The van der Waals surface area contributed by atoms with Gasteiger partial charge in [-0.25, -0.2) is 14.8 Å². The summed E-state index contributed by atoms with van der Waals surface area (Å²) in [7, 11) is 0. The van der Waals surface area contributed by atoms with Crippen LogP contribution in [-0.4, -0.2) is 44.7 Å². The Morgan fingerprint density at radius 2 is 1.96 bits per heavy atom. The van der Waals surface area contributed by atoms with Crippen molar-refractivity contribution in [2.45, 2.75) is 17.9 Å². The summed E-state index contributed by atoms with van der Waals surface area (Å²) in [6.45, 7) is 1.15. The molecule has 0 saturated heterocycles. The molecule has 0 aliphatic carbocycles. The number of fused-ring (bicyclic) bond motifs is 1. The molecule has 1 N–H and O–H groups in total. The predicted octanol–water partition coefficient (Wildman–Crippen LogP) is 2.10. The maximum atomic E-state index is 12.6. The smallest absolute Gasteiger partial charge is 0.356 e. The second-order valence-corrected chi connectivity index (χ2v) is 6.01. The number of carbonyl (C=O) groups is 2. The van der Waals surface area contributed by atoms with E-state index in [4.69, 9.17) is 5.11 Å². The number of nitrogens with zero attached hydrogens (tertiary/aromatic N) is 3. The summed E-state index contributed by atoms with van der Waals surface area (Å²) in [6.07, 6.45) is 5.16. The highest BCUT2D eigenvalue weighted by Crippen LogP contribution is 2.28. The number of carboxylic acids is 1. The van der Waals surface area contributed by atoms with Crippen LogP contribution in [0.25, 0.3) is 0 Å². The Labute approximate surface area is 137 Å². The average molecular weight is 329 g/mol. The number of thioether (sulfide) groups is 1. The van der Waals surface area contributed by atoms with E-state index in [0.29, 0.717) is 13.1 Å². The SMILES string of the molecule is CSc1cccc2c1CN(C(=O)c1cnc(C(=O)O)cn1)CC2. The minimum Gasteiger partial charge on any atom is -0.476 e. The van der Waals surface area contributed by atoms with Crippen molar-refractivity contribution in [3.05, 3.63) is 53.1 Å². The molecule has 1 aromatic carbocycles. The molecular weight excluding hydrogens is 314 g/mol. The fraction of sp³-hybridized carbons (Fsp3) is 0.250. The molecule has 3 rings (SSSR count). The van der Waals surface area contributed by atoms with Crippen LogP contribution in [0.3, 0.4) is 0 Å². The monoisotopic (exact) mass is 329 g/mol. The number of aromatic carboxylic acids is 1. The molecule has 1 aliphatic heterocycles. The number of carboxylic acid groups (broad SMARTS) is 1. The zero-order valence-corrected chi connectivity index (χ0v) is 13.3. The summed E-state index contributed by atoms with van der Waals surface area (Å²) in [5.41, 5.74) is 2.44. The Kier molecular flexibility index (Phi) is 4.29. The highest BCUT2D eigenvalue weighted by Gasteiger charge is 2.24. The van der Waals surface area contributed by atoms with Gasteiger partial charge in [-0.05, 0) is 29.9 Å². The molecule has 0 fully saturated rings. The van der Waals surface area contributed by atoms with Crippen molar-refractivity contribution in [1.29, 1.82) is 0 Å². The molecule has 0 spiro atoms. The zero-order chi connectivity index (χ0) is 16.4. The fourth-order valence-electron chi connectivity index (χ4n) is 2.63. The lowest BCUT2D eigenvalue weighted by Crippen LogP contribution is -2.36. The van der Waals surface area contributed by atoms with Gasteiger partial charge in [0.15, 0.2) is 5.69 Å². The second kappa shape index (κ2) is 6.37. The van der Waals surface area contributed by atoms with E-state index in [1.54, 1.807) is 16.7 Å². The van der Waals surface area contributed by atoms with Crippen LogP contribution >= 0.6 is 11.8 Å². The van der Waals surface area contributed by atoms with E-state index < -0.39 is 5.97 Å². The van der Waals surface area contributed by atoms with E-state index in [1.165, 1.54) is 22.2 Å². The van der Waals surface area contributed by atoms with Gasteiger partial charge in [-0.1, -0.05) is 12.1 Å². The number of hydrogen-bond acceptors (Lipinski definition) is 5. The normalized spacial score (nSPS) is 13.5. The van der Waals surface area contributed by atoms with Gasteiger partial charge in [0.1, 0.15) is 5.69 Å². The zero-order valence-electron chi connectivity index (χ0n) is 12.5. The molecule has 1 aromatic heterocycles. The number of benzene rings is 1. The first-order chi connectivity index (χ1) is 11.1. The first kappa shape index (κ1) is 15.5. The molecule has 2 heterocycles. The number of amides is 1. The van der Waals surface area contributed by atoms with Crippen molar-refractivity contribution < 1.29 is 14.7 Å². The van der Waals surface area contributed by atoms with Gasteiger partial charge in [-0.2, -0.15) is 0 Å². The third-order valence-electron chi connectivity index (χ3n) is 3.83. The van der Waals surface area contributed by atoms with E-state index in [-0.39, 0.29) is 17.3 Å². The molecule has 7 heteroatoms. The maximum Gasteiger partial charge on any atom is 0.356 e. The second-order valence-electron chi connectivity index (χ2n) is 5.17. The summed E-state index contributed by atoms with van der Waals surface area (Å²) in [4.78, 5) is 33.9. The van der Waals surface area contributed by atoms with Crippen molar-refractivity contribution in [3.63, 3.8) is 0 Å². The van der Waals surface area contributed by atoms with E-state index in [9.17, 15) is 9.59 Å². The van der Waals surface area contributed by atoms with Crippen LogP contribution in [0.2, 0.25) is 0 Å². The van der Waals surface area contributed by atoms with Crippen LogP contribution in [0.15, 0.2) is 35.5 Å². The Hall–Kier alpha value is -2.41. The molecule has 0 saturated carbocycles. The van der Waals surface area contributed by atoms with Crippen LogP contribution < -0.4 is 0 Å². The van der Waals surface area contributed by atoms with Crippen LogP contribution in [0.4, 0.5) is 0 Å². The average Bonchev–Trinajstić information content (AvgIpc) is 2.60.